The molecule has 47 heavy (non-hydrogen) atoms. The van der Waals surface area contributed by atoms with Crippen LogP contribution in [0, 0.1) is 0 Å². The quantitative estimate of drug-likeness (QED) is 0.0443. The summed E-state index contributed by atoms with van der Waals surface area (Å²) in [4.78, 5) is 52.2. The molecule has 0 spiro atoms. The van der Waals surface area contributed by atoms with Crippen molar-refractivity contribution < 1.29 is 19.2 Å². The van der Waals surface area contributed by atoms with Gasteiger partial charge in [0.15, 0.2) is 0 Å². The minimum atomic E-state index is -0.702. The molecule has 0 heterocycles. The summed E-state index contributed by atoms with van der Waals surface area (Å²) in [7, 11) is 0. The van der Waals surface area contributed by atoms with E-state index in [1.165, 1.54) is 56.3 Å². The molecule has 0 bridgehead atoms. The Morgan fingerprint density at radius 1 is 0.638 bits per heavy atom. The molecule has 0 aliphatic heterocycles. The number of amides is 4. The molecule has 0 fully saturated rings. The fourth-order valence-electron chi connectivity index (χ4n) is 5.55. The summed E-state index contributed by atoms with van der Waals surface area (Å²) in [5.41, 5.74) is 22.4. The predicted molar refractivity (Wildman–Crippen MR) is 193 cm³/mol. The van der Waals surface area contributed by atoms with Gasteiger partial charge in [-0.15, -0.1) is 0 Å². The van der Waals surface area contributed by atoms with Gasteiger partial charge < -0.3 is 38.5 Å². The zero-order valence-corrected chi connectivity index (χ0v) is 29.8. The van der Waals surface area contributed by atoms with E-state index >= 15 is 0 Å². The first-order valence-corrected chi connectivity index (χ1v) is 18.7. The lowest BCUT2D eigenvalue weighted by Crippen LogP contribution is -2.53. The number of hydrogen-bond acceptors (Lipinski definition) is 7. The number of unbranched alkanes of at least 4 members (excludes halogenated alkanes) is 13. The van der Waals surface area contributed by atoms with E-state index in [0.29, 0.717) is 51.7 Å². The summed E-state index contributed by atoms with van der Waals surface area (Å²) >= 11 is 0. The first-order valence-electron chi connectivity index (χ1n) is 18.7. The molecule has 0 rings (SSSR count). The molecule has 4 amide bonds. The van der Waals surface area contributed by atoms with E-state index in [0.717, 1.165) is 51.4 Å². The number of allylic oxidation sites excluding steroid dienone is 2. The van der Waals surface area contributed by atoms with Gasteiger partial charge in [0, 0.05) is 25.4 Å². The van der Waals surface area contributed by atoms with Crippen molar-refractivity contribution in [2.24, 2.45) is 22.9 Å². The maximum atomic E-state index is 13.5. The van der Waals surface area contributed by atoms with E-state index in [1.807, 2.05) is 0 Å². The molecule has 0 aliphatic rings. The third-order valence-electron chi connectivity index (χ3n) is 8.35. The molecule has 0 saturated heterocycles. The molecule has 0 saturated carbocycles. The smallest absolute Gasteiger partial charge is 0.242 e. The number of nitrogens with two attached hydrogens (primary N) is 4. The number of carbonyl (C=O) groups excluding carboxylic acids is 4. The highest BCUT2D eigenvalue weighted by Gasteiger charge is 2.26. The van der Waals surface area contributed by atoms with E-state index < -0.39 is 18.0 Å². The molecular weight excluding hydrogens is 594 g/mol. The number of nitrogens with one attached hydrogen (secondary N) is 2. The van der Waals surface area contributed by atoms with Crippen LogP contribution in [0.4, 0.5) is 0 Å². The van der Waals surface area contributed by atoms with Crippen LogP contribution >= 0.6 is 0 Å². The molecule has 0 aromatic heterocycles. The Kier molecular flexibility index (Phi) is 30.4. The number of nitrogens with zero attached hydrogens (tertiary/aromatic N) is 1. The van der Waals surface area contributed by atoms with Crippen LogP contribution in [0.3, 0.4) is 0 Å². The Morgan fingerprint density at radius 2 is 1.19 bits per heavy atom. The van der Waals surface area contributed by atoms with Gasteiger partial charge in [-0.1, -0.05) is 76.9 Å². The summed E-state index contributed by atoms with van der Waals surface area (Å²) in [5, 5.41) is 5.99. The van der Waals surface area contributed by atoms with Crippen LogP contribution in [-0.4, -0.2) is 73.3 Å². The highest BCUT2D eigenvalue weighted by molar-refractivity contribution is 5.88. The summed E-state index contributed by atoms with van der Waals surface area (Å²) < 4.78 is 0. The Hall–Kier alpha value is -2.50. The number of hydrogen-bond donors (Lipinski definition) is 6. The first-order chi connectivity index (χ1) is 22.8. The third-order valence-corrected chi connectivity index (χ3v) is 8.35. The maximum Gasteiger partial charge on any atom is 0.242 e. The average Bonchev–Trinajstić information content (AvgIpc) is 3.04. The summed E-state index contributed by atoms with van der Waals surface area (Å²) in [6, 6.07) is -1.12. The number of carbonyl (C=O) groups is 4. The standard InChI is InChI=1S/C36H71N7O4/c1-2-3-4-5-6-7-8-9-10-11-12-13-14-15-16-24-34(45)42-32(23-18-20-27-38)36(47)41-31(22-17-19-26-37)29-43(30-33(40)44)35(46)25-21-28-39/h9-10,31-32H,2-8,11-30,37-39H2,1H3,(H2,40,44)(H,41,47)(H,42,45)/b10-9-/t31-,32-/m0/s1. The summed E-state index contributed by atoms with van der Waals surface area (Å²) in [5.74, 6) is -1.30. The highest BCUT2D eigenvalue weighted by atomic mass is 16.2. The van der Waals surface area contributed by atoms with E-state index in [9.17, 15) is 19.2 Å². The monoisotopic (exact) mass is 666 g/mol. The normalized spacial score (nSPS) is 12.6. The molecule has 0 radical (unpaired) electrons. The minimum absolute atomic E-state index is 0.137. The van der Waals surface area contributed by atoms with Crippen LogP contribution in [0.2, 0.25) is 0 Å². The van der Waals surface area contributed by atoms with Gasteiger partial charge in [-0.25, -0.2) is 0 Å². The molecule has 2 atom stereocenters. The van der Waals surface area contributed by atoms with Gasteiger partial charge in [0.05, 0.1) is 6.54 Å². The third kappa shape index (κ3) is 27.2. The number of primary amides is 1. The van der Waals surface area contributed by atoms with Crippen molar-refractivity contribution in [1.29, 1.82) is 0 Å². The zero-order chi connectivity index (χ0) is 35.0. The van der Waals surface area contributed by atoms with Gasteiger partial charge in [-0.2, -0.15) is 0 Å². The Labute approximate surface area is 286 Å². The zero-order valence-electron chi connectivity index (χ0n) is 29.8. The lowest BCUT2D eigenvalue weighted by Gasteiger charge is -2.29. The van der Waals surface area contributed by atoms with Crippen LogP contribution in [0.1, 0.15) is 148 Å². The van der Waals surface area contributed by atoms with E-state index in [1.54, 1.807) is 0 Å². The SMILES string of the molecule is CCCCCCCC/C=C\CCCCCCCC(=O)N[C@@H](CCCCN)C(=O)N[C@@H](CCCCN)CN(CC(N)=O)C(=O)CCCN. The van der Waals surface area contributed by atoms with Gasteiger partial charge in [0.2, 0.25) is 23.6 Å². The lowest BCUT2D eigenvalue weighted by molar-refractivity contribution is -0.136. The van der Waals surface area contributed by atoms with Crippen molar-refractivity contribution in [3.63, 3.8) is 0 Å². The fourth-order valence-corrected chi connectivity index (χ4v) is 5.55. The van der Waals surface area contributed by atoms with Gasteiger partial charge >= 0.3 is 0 Å². The van der Waals surface area contributed by atoms with Gasteiger partial charge in [0.1, 0.15) is 6.04 Å². The van der Waals surface area contributed by atoms with Crippen molar-refractivity contribution in [1.82, 2.24) is 15.5 Å². The van der Waals surface area contributed by atoms with Crippen molar-refractivity contribution in [3.05, 3.63) is 12.2 Å². The van der Waals surface area contributed by atoms with Crippen LogP contribution in [0.15, 0.2) is 12.2 Å². The Morgan fingerprint density at radius 3 is 1.77 bits per heavy atom. The van der Waals surface area contributed by atoms with E-state index in [4.69, 9.17) is 22.9 Å². The molecule has 274 valence electrons. The Balaban J connectivity index is 4.82. The molecule has 10 N–H and O–H groups in total. The maximum absolute atomic E-state index is 13.5. The Bertz CT molecular complexity index is 840. The highest BCUT2D eigenvalue weighted by Crippen LogP contribution is 2.12. The number of rotatable bonds is 33. The predicted octanol–water partition coefficient (Wildman–Crippen LogP) is 4.30. The summed E-state index contributed by atoms with van der Waals surface area (Å²) in [6.07, 6.45) is 25.2. The molecule has 0 aromatic rings. The molecule has 11 nitrogen and oxygen atoms in total. The van der Waals surface area contributed by atoms with Crippen LogP contribution in [0.25, 0.3) is 0 Å². The molecule has 0 unspecified atom stereocenters. The molecule has 0 aromatic carbocycles. The lowest BCUT2D eigenvalue weighted by atomic mass is 10.0. The van der Waals surface area contributed by atoms with Crippen molar-refractivity contribution >= 4 is 23.6 Å². The van der Waals surface area contributed by atoms with Gasteiger partial charge in [-0.05, 0) is 90.3 Å². The van der Waals surface area contributed by atoms with Crippen molar-refractivity contribution in [3.8, 4) is 0 Å². The first kappa shape index (κ1) is 44.5. The largest absolute Gasteiger partial charge is 0.368 e. The van der Waals surface area contributed by atoms with Crippen LogP contribution < -0.4 is 33.6 Å². The minimum Gasteiger partial charge on any atom is -0.368 e. The summed E-state index contributed by atoms with van der Waals surface area (Å²) in [6.45, 7) is 3.52. The topological polar surface area (TPSA) is 200 Å². The van der Waals surface area contributed by atoms with Crippen LogP contribution in [0.5, 0.6) is 0 Å². The molecule has 0 aliphatic carbocycles. The second kappa shape index (κ2) is 32.1. The fraction of sp³-hybridized carbons (Fsp3) is 0.833. The second-order valence-electron chi connectivity index (χ2n) is 12.9. The van der Waals surface area contributed by atoms with Crippen LogP contribution in [-0.2, 0) is 19.2 Å². The molecule has 11 heteroatoms. The van der Waals surface area contributed by atoms with Crippen molar-refractivity contribution in [2.75, 3.05) is 32.7 Å². The van der Waals surface area contributed by atoms with Crippen molar-refractivity contribution in [2.45, 2.75) is 160 Å². The van der Waals surface area contributed by atoms with E-state index in [-0.39, 0.29) is 37.2 Å². The van der Waals surface area contributed by atoms with Gasteiger partial charge in [-0.3, -0.25) is 19.2 Å². The van der Waals surface area contributed by atoms with E-state index in [2.05, 4.69) is 29.7 Å². The average molecular weight is 666 g/mol. The molecular formula is C36H71N7O4. The second-order valence-corrected chi connectivity index (χ2v) is 12.9. The van der Waals surface area contributed by atoms with Gasteiger partial charge in [0.25, 0.3) is 0 Å².